The van der Waals surface area contributed by atoms with Crippen LogP contribution in [0.3, 0.4) is 0 Å². The van der Waals surface area contributed by atoms with Crippen LogP contribution in [0.1, 0.15) is 24.9 Å². The molecule has 2 heterocycles. The molecule has 0 fully saturated rings. The van der Waals surface area contributed by atoms with Crippen LogP contribution in [-0.2, 0) is 13.0 Å². The van der Waals surface area contributed by atoms with E-state index in [-0.39, 0.29) is 0 Å². The Labute approximate surface area is 117 Å². The number of hydrogen-bond acceptors (Lipinski definition) is 4. The van der Waals surface area contributed by atoms with Crippen LogP contribution in [0.25, 0.3) is 10.9 Å². The van der Waals surface area contributed by atoms with Crippen LogP contribution in [-0.4, -0.2) is 9.97 Å². The summed E-state index contributed by atoms with van der Waals surface area (Å²) in [4.78, 5) is 9.22. The van der Waals surface area contributed by atoms with E-state index >= 15 is 0 Å². The van der Waals surface area contributed by atoms with Crippen LogP contribution in [0.5, 0.6) is 0 Å². The third-order valence-corrected chi connectivity index (χ3v) is 3.13. The van der Waals surface area contributed by atoms with Crippen molar-refractivity contribution in [1.29, 1.82) is 0 Å². The van der Waals surface area contributed by atoms with Crippen molar-refractivity contribution >= 4 is 16.7 Å². The third-order valence-electron chi connectivity index (χ3n) is 3.13. The fourth-order valence-electron chi connectivity index (χ4n) is 2.18. The Balaban J connectivity index is 1.94. The fraction of sp³-hybridized carbons (Fsp3) is 0.250. The minimum Gasteiger partial charge on any atom is -0.467 e. The summed E-state index contributed by atoms with van der Waals surface area (Å²) in [5.41, 5.74) is 0.980. The van der Waals surface area contributed by atoms with Gasteiger partial charge in [-0.05, 0) is 30.7 Å². The quantitative estimate of drug-likeness (QED) is 0.764. The largest absolute Gasteiger partial charge is 0.467 e. The summed E-state index contributed by atoms with van der Waals surface area (Å²) in [5, 5.41) is 4.38. The lowest BCUT2D eigenvalue weighted by molar-refractivity contribution is 0.518. The van der Waals surface area contributed by atoms with Gasteiger partial charge in [-0.2, -0.15) is 0 Å². The third kappa shape index (κ3) is 2.64. The van der Waals surface area contributed by atoms with Crippen molar-refractivity contribution in [2.24, 2.45) is 0 Å². The van der Waals surface area contributed by atoms with Crippen molar-refractivity contribution in [3.05, 3.63) is 54.2 Å². The lowest BCUT2D eigenvalue weighted by atomic mass is 10.2. The van der Waals surface area contributed by atoms with E-state index in [4.69, 9.17) is 4.42 Å². The zero-order valence-corrected chi connectivity index (χ0v) is 11.5. The molecule has 0 saturated carbocycles. The Morgan fingerprint density at radius 1 is 1.10 bits per heavy atom. The summed E-state index contributed by atoms with van der Waals surface area (Å²) in [6.45, 7) is 2.76. The Morgan fingerprint density at radius 2 is 2.00 bits per heavy atom. The highest BCUT2D eigenvalue weighted by molar-refractivity contribution is 5.88. The van der Waals surface area contributed by atoms with Crippen LogP contribution < -0.4 is 5.32 Å². The molecular formula is C16H17N3O. The van der Waals surface area contributed by atoms with Gasteiger partial charge in [0.05, 0.1) is 18.3 Å². The molecule has 3 aromatic rings. The van der Waals surface area contributed by atoms with Crippen molar-refractivity contribution in [2.75, 3.05) is 5.32 Å². The number of benzene rings is 1. The SMILES string of the molecule is CCCc1nc(NCc2ccco2)c2ccccc2n1. The zero-order valence-electron chi connectivity index (χ0n) is 11.5. The second-order valence-corrected chi connectivity index (χ2v) is 4.69. The summed E-state index contributed by atoms with van der Waals surface area (Å²) in [6.07, 6.45) is 3.61. The number of fused-ring (bicyclic) bond motifs is 1. The van der Waals surface area contributed by atoms with Crippen LogP contribution in [0.4, 0.5) is 5.82 Å². The van der Waals surface area contributed by atoms with E-state index in [1.165, 1.54) is 0 Å². The number of hydrogen-bond donors (Lipinski definition) is 1. The molecule has 4 heteroatoms. The molecule has 0 amide bonds. The van der Waals surface area contributed by atoms with Crippen LogP contribution >= 0.6 is 0 Å². The molecule has 1 aromatic carbocycles. The maximum Gasteiger partial charge on any atom is 0.138 e. The molecule has 0 spiro atoms. The average Bonchev–Trinajstić information content (AvgIpc) is 2.98. The molecule has 4 nitrogen and oxygen atoms in total. The van der Waals surface area contributed by atoms with Crippen LogP contribution in [0, 0.1) is 0 Å². The average molecular weight is 267 g/mol. The summed E-state index contributed by atoms with van der Waals surface area (Å²) >= 11 is 0. The van der Waals surface area contributed by atoms with Crippen molar-refractivity contribution in [1.82, 2.24) is 9.97 Å². The molecule has 0 radical (unpaired) electrons. The molecule has 0 aliphatic carbocycles. The molecule has 0 unspecified atom stereocenters. The number of nitrogens with zero attached hydrogens (tertiary/aromatic N) is 2. The molecule has 1 N–H and O–H groups in total. The number of aromatic nitrogens is 2. The standard InChI is InChI=1S/C16H17N3O/c1-2-6-15-18-14-9-4-3-8-13(14)16(19-15)17-11-12-7-5-10-20-12/h3-5,7-10H,2,6,11H2,1H3,(H,17,18,19). The second kappa shape index (κ2) is 5.74. The Morgan fingerprint density at radius 3 is 2.80 bits per heavy atom. The lowest BCUT2D eigenvalue weighted by Gasteiger charge is -2.09. The Hall–Kier alpha value is -2.36. The molecule has 0 saturated heterocycles. The van der Waals surface area contributed by atoms with Gasteiger partial charge in [-0.3, -0.25) is 0 Å². The first-order valence-electron chi connectivity index (χ1n) is 6.88. The van der Waals surface area contributed by atoms with Gasteiger partial charge in [-0.25, -0.2) is 9.97 Å². The predicted molar refractivity (Wildman–Crippen MR) is 79.6 cm³/mol. The highest BCUT2D eigenvalue weighted by Crippen LogP contribution is 2.21. The van der Waals surface area contributed by atoms with Crippen LogP contribution in [0.2, 0.25) is 0 Å². The van der Waals surface area contributed by atoms with Gasteiger partial charge in [0.1, 0.15) is 17.4 Å². The first kappa shape index (κ1) is 12.7. The molecule has 0 atom stereocenters. The van der Waals surface area contributed by atoms with Gasteiger partial charge in [0.15, 0.2) is 0 Å². The van der Waals surface area contributed by atoms with Gasteiger partial charge in [-0.1, -0.05) is 19.1 Å². The van der Waals surface area contributed by atoms with Crippen molar-refractivity contribution in [3.63, 3.8) is 0 Å². The first-order chi connectivity index (χ1) is 9.86. The van der Waals surface area contributed by atoms with E-state index in [0.29, 0.717) is 6.54 Å². The van der Waals surface area contributed by atoms with Gasteiger partial charge < -0.3 is 9.73 Å². The maximum atomic E-state index is 5.34. The monoisotopic (exact) mass is 267 g/mol. The van der Waals surface area contributed by atoms with E-state index in [9.17, 15) is 0 Å². The normalized spacial score (nSPS) is 10.8. The molecule has 0 aliphatic heterocycles. The van der Waals surface area contributed by atoms with Crippen molar-refractivity contribution in [2.45, 2.75) is 26.3 Å². The zero-order chi connectivity index (χ0) is 13.8. The predicted octanol–water partition coefficient (Wildman–Crippen LogP) is 3.79. The van der Waals surface area contributed by atoms with Gasteiger partial charge in [-0.15, -0.1) is 0 Å². The molecular weight excluding hydrogens is 250 g/mol. The Kier molecular flexibility index (Phi) is 3.63. The molecule has 3 rings (SSSR count). The van der Waals surface area contributed by atoms with E-state index in [1.807, 2.05) is 36.4 Å². The fourth-order valence-corrected chi connectivity index (χ4v) is 2.18. The number of nitrogens with one attached hydrogen (secondary N) is 1. The Bertz CT molecular complexity index is 692. The topological polar surface area (TPSA) is 51.0 Å². The van der Waals surface area contributed by atoms with Crippen molar-refractivity contribution < 1.29 is 4.42 Å². The van der Waals surface area contributed by atoms with Gasteiger partial charge in [0, 0.05) is 11.8 Å². The molecule has 0 aliphatic rings. The number of para-hydroxylation sites is 1. The molecule has 2 aromatic heterocycles. The van der Waals surface area contributed by atoms with E-state index in [1.54, 1.807) is 6.26 Å². The summed E-state index contributed by atoms with van der Waals surface area (Å²) < 4.78 is 5.34. The summed E-state index contributed by atoms with van der Waals surface area (Å²) in [6, 6.07) is 11.9. The molecule has 0 bridgehead atoms. The van der Waals surface area contributed by atoms with Crippen molar-refractivity contribution in [3.8, 4) is 0 Å². The minimum atomic E-state index is 0.625. The summed E-state index contributed by atoms with van der Waals surface area (Å²) in [7, 11) is 0. The first-order valence-corrected chi connectivity index (χ1v) is 6.88. The van der Waals surface area contributed by atoms with Crippen LogP contribution in [0.15, 0.2) is 47.1 Å². The number of rotatable bonds is 5. The van der Waals surface area contributed by atoms with E-state index < -0.39 is 0 Å². The number of anilines is 1. The number of furan rings is 1. The van der Waals surface area contributed by atoms with Gasteiger partial charge in [0.2, 0.25) is 0 Å². The second-order valence-electron chi connectivity index (χ2n) is 4.69. The minimum absolute atomic E-state index is 0.625. The van der Waals surface area contributed by atoms with Gasteiger partial charge in [0.25, 0.3) is 0 Å². The smallest absolute Gasteiger partial charge is 0.138 e. The molecule has 102 valence electrons. The summed E-state index contributed by atoms with van der Waals surface area (Å²) in [5.74, 6) is 2.65. The lowest BCUT2D eigenvalue weighted by Crippen LogP contribution is -2.05. The molecule has 20 heavy (non-hydrogen) atoms. The van der Waals surface area contributed by atoms with E-state index in [2.05, 4.69) is 22.2 Å². The maximum absolute atomic E-state index is 5.34. The highest BCUT2D eigenvalue weighted by atomic mass is 16.3. The highest BCUT2D eigenvalue weighted by Gasteiger charge is 2.07. The van der Waals surface area contributed by atoms with E-state index in [0.717, 1.165) is 41.1 Å². The number of aryl methyl sites for hydroxylation is 1. The van der Waals surface area contributed by atoms with Gasteiger partial charge >= 0.3 is 0 Å².